The van der Waals surface area contributed by atoms with Gasteiger partial charge in [0.2, 0.25) is 0 Å². The first-order valence-electron chi connectivity index (χ1n) is 6.83. The molecule has 1 N–H and O–H groups in total. The van der Waals surface area contributed by atoms with Crippen LogP contribution in [0.5, 0.6) is 5.75 Å². The second-order valence-corrected chi connectivity index (χ2v) is 5.11. The van der Waals surface area contributed by atoms with Crippen molar-refractivity contribution < 1.29 is 14.5 Å². The average Bonchev–Trinajstić information content (AvgIpc) is 3.29. The Kier molecular flexibility index (Phi) is 4.74. The van der Waals surface area contributed by atoms with E-state index in [0.717, 1.165) is 18.4 Å². The highest BCUT2D eigenvalue weighted by Crippen LogP contribution is 2.29. The minimum Gasteiger partial charge on any atom is -0.477 e. The first-order chi connectivity index (χ1) is 10.0. The van der Waals surface area contributed by atoms with E-state index in [9.17, 15) is 14.9 Å². The van der Waals surface area contributed by atoms with E-state index in [-0.39, 0.29) is 24.0 Å². The minimum atomic E-state index is -0.496. The lowest BCUT2D eigenvalue weighted by Crippen LogP contribution is -2.33. The molecule has 0 bridgehead atoms. The number of ether oxygens (including phenoxy) is 1. The number of hydrogen-bond acceptors (Lipinski definition) is 5. The van der Waals surface area contributed by atoms with Gasteiger partial charge in [0.15, 0.2) is 12.4 Å². The van der Waals surface area contributed by atoms with Gasteiger partial charge in [-0.2, -0.15) is 0 Å². The highest BCUT2D eigenvalue weighted by molar-refractivity contribution is 5.78. The van der Waals surface area contributed by atoms with Crippen LogP contribution in [-0.2, 0) is 11.3 Å². The molecular weight excluding hydrogens is 274 g/mol. The zero-order valence-corrected chi connectivity index (χ0v) is 12.2. The fraction of sp³-hybridized carbons (Fsp3) is 0.500. The van der Waals surface area contributed by atoms with E-state index < -0.39 is 4.92 Å². The molecule has 0 radical (unpaired) electrons. The van der Waals surface area contributed by atoms with Crippen molar-refractivity contribution >= 4 is 11.6 Å². The number of nitro benzene ring substituents is 1. The number of likely N-dealkylation sites (N-methyl/N-ethyl adjacent to an activating group) is 1. The van der Waals surface area contributed by atoms with Crippen LogP contribution in [0.15, 0.2) is 18.2 Å². The van der Waals surface area contributed by atoms with Crippen molar-refractivity contribution in [1.82, 2.24) is 10.2 Å². The molecule has 0 aromatic heterocycles. The third-order valence-corrected chi connectivity index (χ3v) is 3.44. The van der Waals surface area contributed by atoms with Gasteiger partial charge in [-0.1, -0.05) is 6.07 Å². The summed E-state index contributed by atoms with van der Waals surface area (Å²) < 4.78 is 5.34. The Hall–Kier alpha value is -2.15. The van der Waals surface area contributed by atoms with Crippen molar-refractivity contribution in [3.63, 3.8) is 0 Å². The molecule has 114 valence electrons. The van der Waals surface area contributed by atoms with Crippen molar-refractivity contribution in [3.8, 4) is 5.75 Å². The molecule has 1 fully saturated rings. The number of amides is 1. The largest absolute Gasteiger partial charge is 0.477 e. The maximum absolute atomic E-state index is 11.9. The maximum atomic E-state index is 11.9. The number of nitrogens with zero attached hydrogens (tertiary/aromatic N) is 2. The third-order valence-electron chi connectivity index (χ3n) is 3.44. The molecule has 0 heterocycles. The molecule has 1 saturated carbocycles. The lowest BCUT2D eigenvalue weighted by Gasteiger charge is -2.16. The van der Waals surface area contributed by atoms with Crippen LogP contribution < -0.4 is 10.1 Å². The Morgan fingerprint density at radius 2 is 2.24 bits per heavy atom. The van der Waals surface area contributed by atoms with Crippen LogP contribution in [0.4, 0.5) is 5.69 Å². The number of rotatable bonds is 7. The van der Waals surface area contributed by atoms with E-state index in [1.54, 1.807) is 25.1 Å². The second-order valence-electron chi connectivity index (χ2n) is 5.11. The Bertz CT molecular complexity index is 543. The van der Waals surface area contributed by atoms with Gasteiger partial charge in [0, 0.05) is 25.7 Å². The fourth-order valence-corrected chi connectivity index (χ4v) is 2.05. The molecule has 1 aromatic carbocycles. The molecule has 1 aromatic rings. The van der Waals surface area contributed by atoms with E-state index in [2.05, 4.69) is 5.32 Å². The van der Waals surface area contributed by atoms with Crippen molar-refractivity contribution in [1.29, 1.82) is 0 Å². The number of hydrogen-bond donors (Lipinski definition) is 1. The van der Waals surface area contributed by atoms with Crippen molar-refractivity contribution in [3.05, 3.63) is 33.9 Å². The van der Waals surface area contributed by atoms with Crippen molar-refractivity contribution in [2.75, 3.05) is 20.7 Å². The lowest BCUT2D eigenvalue weighted by molar-refractivity contribution is -0.385. The van der Waals surface area contributed by atoms with Crippen LogP contribution in [0.25, 0.3) is 0 Å². The Labute approximate surface area is 123 Å². The molecule has 1 aliphatic rings. The van der Waals surface area contributed by atoms with Crippen LogP contribution in [-0.4, -0.2) is 42.5 Å². The fourth-order valence-electron chi connectivity index (χ4n) is 2.05. The highest BCUT2D eigenvalue weighted by Gasteiger charge is 2.30. The Morgan fingerprint density at radius 1 is 1.52 bits per heavy atom. The molecule has 0 saturated heterocycles. The summed E-state index contributed by atoms with van der Waals surface area (Å²) in [6.45, 7) is 0.351. The minimum absolute atomic E-state index is 0.121. The van der Waals surface area contributed by atoms with Gasteiger partial charge in [0.25, 0.3) is 5.91 Å². The number of benzene rings is 1. The summed E-state index contributed by atoms with van der Waals surface area (Å²) in [7, 11) is 3.50. The predicted molar refractivity (Wildman–Crippen MR) is 77.1 cm³/mol. The quantitative estimate of drug-likeness (QED) is 0.605. The third kappa shape index (κ3) is 3.91. The number of nitrogens with one attached hydrogen (secondary N) is 1. The van der Waals surface area contributed by atoms with Gasteiger partial charge in [0.05, 0.1) is 4.92 Å². The van der Waals surface area contributed by atoms with Gasteiger partial charge in [0.1, 0.15) is 0 Å². The second kappa shape index (κ2) is 6.53. The highest BCUT2D eigenvalue weighted by atomic mass is 16.6. The SMILES string of the molecule is CNCc1ccc(OCC(=O)N(C)C2CC2)c([N+](=O)[O-])c1. The molecule has 2 rings (SSSR count). The number of carbonyl (C=O) groups excluding carboxylic acids is 1. The van der Waals surface area contributed by atoms with E-state index in [4.69, 9.17) is 4.74 Å². The van der Waals surface area contributed by atoms with Gasteiger partial charge in [-0.25, -0.2) is 0 Å². The average molecular weight is 293 g/mol. The van der Waals surface area contributed by atoms with Gasteiger partial charge in [-0.05, 0) is 31.5 Å². The van der Waals surface area contributed by atoms with E-state index >= 15 is 0 Å². The summed E-state index contributed by atoms with van der Waals surface area (Å²) in [4.78, 5) is 24.1. The molecular formula is C14H19N3O4. The molecule has 1 amide bonds. The van der Waals surface area contributed by atoms with Gasteiger partial charge < -0.3 is 15.0 Å². The van der Waals surface area contributed by atoms with E-state index in [0.29, 0.717) is 12.6 Å². The van der Waals surface area contributed by atoms with Gasteiger partial charge >= 0.3 is 5.69 Å². The first kappa shape index (κ1) is 15.2. The monoisotopic (exact) mass is 293 g/mol. The van der Waals surface area contributed by atoms with Crippen LogP contribution in [0.3, 0.4) is 0 Å². The molecule has 7 nitrogen and oxygen atoms in total. The molecule has 0 aliphatic heterocycles. The van der Waals surface area contributed by atoms with Crippen LogP contribution in [0.1, 0.15) is 18.4 Å². The Balaban J connectivity index is 2.04. The molecule has 21 heavy (non-hydrogen) atoms. The summed E-state index contributed by atoms with van der Waals surface area (Å²) in [5.41, 5.74) is 0.669. The first-order valence-corrected chi connectivity index (χ1v) is 6.83. The number of nitro groups is 1. The summed E-state index contributed by atoms with van der Waals surface area (Å²) in [5.74, 6) is -0.0384. The number of carbonyl (C=O) groups is 1. The summed E-state index contributed by atoms with van der Waals surface area (Å²) in [5, 5.41) is 14.0. The summed E-state index contributed by atoms with van der Waals surface area (Å²) in [6, 6.07) is 5.04. The predicted octanol–water partition coefficient (Wildman–Crippen LogP) is 1.31. The van der Waals surface area contributed by atoms with Crippen molar-refractivity contribution in [2.45, 2.75) is 25.4 Å². The normalized spacial score (nSPS) is 13.8. The van der Waals surface area contributed by atoms with Gasteiger partial charge in [-0.15, -0.1) is 0 Å². The zero-order valence-electron chi connectivity index (χ0n) is 12.2. The standard InChI is InChI=1S/C14H19N3O4/c1-15-8-10-3-6-13(12(7-10)17(19)20)21-9-14(18)16(2)11-4-5-11/h3,6-7,11,15H,4-5,8-9H2,1-2H3. The van der Waals surface area contributed by atoms with Crippen LogP contribution in [0, 0.1) is 10.1 Å². The maximum Gasteiger partial charge on any atom is 0.311 e. The van der Waals surface area contributed by atoms with Gasteiger partial charge in [-0.3, -0.25) is 14.9 Å². The molecule has 7 heteroatoms. The van der Waals surface area contributed by atoms with Crippen molar-refractivity contribution in [2.24, 2.45) is 0 Å². The van der Waals surface area contributed by atoms with Crippen LogP contribution >= 0.6 is 0 Å². The molecule has 1 aliphatic carbocycles. The summed E-state index contributed by atoms with van der Waals surface area (Å²) >= 11 is 0. The van der Waals surface area contributed by atoms with E-state index in [1.807, 2.05) is 0 Å². The topological polar surface area (TPSA) is 84.7 Å². The molecule has 0 atom stereocenters. The van der Waals surface area contributed by atoms with E-state index in [1.165, 1.54) is 12.1 Å². The molecule has 0 spiro atoms. The Morgan fingerprint density at radius 3 is 2.81 bits per heavy atom. The van der Waals surface area contributed by atoms with Crippen LogP contribution in [0.2, 0.25) is 0 Å². The summed E-state index contributed by atoms with van der Waals surface area (Å²) in [6.07, 6.45) is 2.03. The zero-order chi connectivity index (χ0) is 15.4. The lowest BCUT2D eigenvalue weighted by atomic mass is 10.2. The molecule has 0 unspecified atom stereocenters. The smallest absolute Gasteiger partial charge is 0.311 e.